The van der Waals surface area contributed by atoms with Crippen molar-refractivity contribution < 1.29 is 4.39 Å². The van der Waals surface area contributed by atoms with Crippen molar-refractivity contribution in [3.63, 3.8) is 0 Å². The van der Waals surface area contributed by atoms with E-state index in [2.05, 4.69) is 35.1 Å². The molecule has 1 nitrogen and oxygen atoms in total. The van der Waals surface area contributed by atoms with Crippen molar-refractivity contribution in [2.45, 2.75) is 39.3 Å². The molecule has 2 rings (SSSR count). The second-order valence-electron chi connectivity index (χ2n) is 5.18. The molecule has 17 heavy (non-hydrogen) atoms. The van der Waals surface area contributed by atoms with Crippen LogP contribution in [0.2, 0.25) is 0 Å². The molecule has 3 unspecified atom stereocenters. The third-order valence-corrected chi connectivity index (χ3v) is 4.41. The van der Waals surface area contributed by atoms with Crippen molar-refractivity contribution in [3.8, 4) is 0 Å². The standard InChI is InChI=1S/C14H19BrFN/c1-9-3-4-14(10(9)2)17-8-11-5-12(15)7-13(16)6-11/h5-7,9-10,14,17H,3-4,8H2,1-2H3. The van der Waals surface area contributed by atoms with Gasteiger partial charge in [0.05, 0.1) is 0 Å². The molecule has 94 valence electrons. The highest BCUT2D eigenvalue weighted by atomic mass is 79.9. The smallest absolute Gasteiger partial charge is 0.124 e. The van der Waals surface area contributed by atoms with Gasteiger partial charge in [-0.1, -0.05) is 29.8 Å². The van der Waals surface area contributed by atoms with Gasteiger partial charge in [-0.2, -0.15) is 0 Å². The van der Waals surface area contributed by atoms with E-state index in [1.54, 1.807) is 6.07 Å². The van der Waals surface area contributed by atoms with Crippen molar-refractivity contribution in [2.24, 2.45) is 11.8 Å². The maximum Gasteiger partial charge on any atom is 0.124 e. The molecule has 0 aliphatic heterocycles. The summed E-state index contributed by atoms with van der Waals surface area (Å²) in [5, 5.41) is 3.54. The van der Waals surface area contributed by atoms with Crippen LogP contribution in [-0.2, 0) is 6.54 Å². The van der Waals surface area contributed by atoms with Gasteiger partial charge >= 0.3 is 0 Å². The van der Waals surface area contributed by atoms with Crippen molar-refractivity contribution >= 4 is 15.9 Å². The third-order valence-electron chi connectivity index (χ3n) is 3.96. The van der Waals surface area contributed by atoms with E-state index in [9.17, 15) is 4.39 Å². The fourth-order valence-corrected chi connectivity index (χ4v) is 3.13. The Kier molecular flexibility index (Phi) is 4.21. The molecular weight excluding hydrogens is 281 g/mol. The average Bonchev–Trinajstić information content (AvgIpc) is 2.56. The maximum absolute atomic E-state index is 13.2. The lowest BCUT2D eigenvalue weighted by Gasteiger charge is -2.19. The van der Waals surface area contributed by atoms with Crippen LogP contribution in [0.4, 0.5) is 4.39 Å². The first-order chi connectivity index (χ1) is 8.06. The zero-order valence-corrected chi connectivity index (χ0v) is 11.9. The van der Waals surface area contributed by atoms with Crippen LogP contribution in [0.25, 0.3) is 0 Å². The predicted octanol–water partition coefficient (Wildman–Crippen LogP) is 4.11. The number of benzene rings is 1. The van der Waals surface area contributed by atoms with Crippen LogP contribution in [0.15, 0.2) is 22.7 Å². The van der Waals surface area contributed by atoms with Crippen molar-refractivity contribution in [1.82, 2.24) is 5.32 Å². The summed E-state index contributed by atoms with van der Waals surface area (Å²) >= 11 is 3.32. The molecule has 1 aliphatic carbocycles. The van der Waals surface area contributed by atoms with E-state index >= 15 is 0 Å². The number of rotatable bonds is 3. The van der Waals surface area contributed by atoms with Gasteiger partial charge in [0.1, 0.15) is 5.82 Å². The molecule has 0 aromatic heterocycles. The molecule has 1 aromatic rings. The Labute approximate surface area is 111 Å². The van der Waals surface area contributed by atoms with E-state index in [-0.39, 0.29) is 5.82 Å². The highest BCUT2D eigenvalue weighted by molar-refractivity contribution is 9.10. The quantitative estimate of drug-likeness (QED) is 0.885. The second kappa shape index (κ2) is 5.49. The Bertz CT molecular complexity index is 374. The molecule has 0 radical (unpaired) electrons. The van der Waals surface area contributed by atoms with Gasteiger partial charge in [0.15, 0.2) is 0 Å². The fraction of sp³-hybridized carbons (Fsp3) is 0.571. The van der Waals surface area contributed by atoms with Crippen LogP contribution < -0.4 is 5.32 Å². The van der Waals surface area contributed by atoms with Crippen molar-refractivity contribution in [3.05, 3.63) is 34.1 Å². The number of hydrogen-bond acceptors (Lipinski definition) is 1. The Morgan fingerprint density at radius 3 is 2.65 bits per heavy atom. The number of nitrogens with one attached hydrogen (secondary N) is 1. The molecule has 0 bridgehead atoms. The van der Waals surface area contributed by atoms with Crippen LogP contribution in [0, 0.1) is 17.7 Å². The number of halogens is 2. The summed E-state index contributed by atoms with van der Waals surface area (Å²) in [6.07, 6.45) is 2.53. The largest absolute Gasteiger partial charge is 0.310 e. The van der Waals surface area contributed by atoms with E-state index in [1.807, 2.05) is 6.07 Å². The normalized spacial score (nSPS) is 28.6. The molecular formula is C14H19BrFN. The topological polar surface area (TPSA) is 12.0 Å². The van der Waals surface area contributed by atoms with Crippen LogP contribution >= 0.6 is 15.9 Å². The lowest BCUT2D eigenvalue weighted by molar-refractivity contribution is 0.369. The van der Waals surface area contributed by atoms with Gasteiger partial charge in [-0.25, -0.2) is 4.39 Å². The molecule has 3 heteroatoms. The first-order valence-corrected chi connectivity index (χ1v) is 7.04. The zero-order chi connectivity index (χ0) is 12.4. The lowest BCUT2D eigenvalue weighted by Crippen LogP contribution is -2.31. The minimum atomic E-state index is -0.177. The summed E-state index contributed by atoms with van der Waals surface area (Å²) in [7, 11) is 0. The van der Waals surface area contributed by atoms with Gasteiger partial charge in [0.25, 0.3) is 0 Å². The summed E-state index contributed by atoms with van der Waals surface area (Å²) in [6, 6.07) is 5.64. The summed E-state index contributed by atoms with van der Waals surface area (Å²) < 4.78 is 14.0. The Balaban J connectivity index is 1.94. The minimum Gasteiger partial charge on any atom is -0.310 e. The summed E-state index contributed by atoms with van der Waals surface area (Å²) in [5.74, 6) is 1.34. The van der Waals surface area contributed by atoms with E-state index in [4.69, 9.17) is 0 Å². The second-order valence-corrected chi connectivity index (χ2v) is 6.09. The molecule has 1 aromatic carbocycles. The van der Waals surface area contributed by atoms with Crippen LogP contribution in [-0.4, -0.2) is 6.04 Å². The highest BCUT2D eigenvalue weighted by Gasteiger charge is 2.28. The van der Waals surface area contributed by atoms with Gasteiger partial charge in [-0.3, -0.25) is 0 Å². The third kappa shape index (κ3) is 3.29. The Morgan fingerprint density at radius 2 is 2.06 bits per heavy atom. The van der Waals surface area contributed by atoms with Crippen molar-refractivity contribution in [1.29, 1.82) is 0 Å². The molecule has 0 amide bonds. The summed E-state index contributed by atoms with van der Waals surface area (Å²) in [5.41, 5.74) is 1.00. The summed E-state index contributed by atoms with van der Waals surface area (Å²) in [4.78, 5) is 0. The first-order valence-electron chi connectivity index (χ1n) is 6.24. The van der Waals surface area contributed by atoms with Gasteiger partial charge in [0, 0.05) is 17.1 Å². The van der Waals surface area contributed by atoms with Gasteiger partial charge < -0.3 is 5.32 Å². The SMILES string of the molecule is CC1CCC(NCc2cc(F)cc(Br)c2)C1C. The molecule has 0 spiro atoms. The summed E-state index contributed by atoms with van der Waals surface area (Å²) in [6.45, 7) is 5.36. The monoisotopic (exact) mass is 299 g/mol. The van der Waals surface area contributed by atoms with E-state index in [1.165, 1.54) is 18.9 Å². The highest BCUT2D eigenvalue weighted by Crippen LogP contribution is 2.31. The lowest BCUT2D eigenvalue weighted by atomic mass is 9.98. The predicted molar refractivity (Wildman–Crippen MR) is 72.3 cm³/mol. The number of hydrogen-bond donors (Lipinski definition) is 1. The minimum absolute atomic E-state index is 0.177. The molecule has 3 atom stereocenters. The molecule has 1 fully saturated rings. The van der Waals surface area contributed by atoms with Crippen LogP contribution in [0.1, 0.15) is 32.3 Å². The van der Waals surface area contributed by atoms with E-state index < -0.39 is 0 Å². The van der Waals surface area contributed by atoms with Crippen LogP contribution in [0.5, 0.6) is 0 Å². The molecule has 1 saturated carbocycles. The fourth-order valence-electron chi connectivity index (χ4n) is 2.61. The maximum atomic E-state index is 13.2. The van der Waals surface area contributed by atoms with Crippen LogP contribution in [0.3, 0.4) is 0 Å². The van der Waals surface area contributed by atoms with E-state index in [0.717, 1.165) is 22.5 Å². The first kappa shape index (κ1) is 13.0. The van der Waals surface area contributed by atoms with E-state index in [0.29, 0.717) is 12.0 Å². The molecule has 1 aliphatic rings. The van der Waals surface area contributed by atoms with Gasteiger partial charge in [0.2, 0.25) is 0 Å². The molecule has 1 N–H and O–H groups in total. The van der Waals surface area contributed by atoms with Gasteiger partial charge in [-0.15, -0.1) is 0 Å². The molecule has 0 saturated heterocycles. The Hall–Kier alpha value is -0.410. The Morgan fingerprint density at radius 1 is 1.29 bits per heavy atom. The van der Waals surface area contributed by atoms with Gasteiger partial charge in [-0.05, 0) is 48.4 Å². The zero-order valence-electron chi connectivity index (χ0n) is 10.3. The van der Waals surface area contributed by atoms with Crippen molar-refractivity contribution in [2.75, 3.05) is 0 Å². The molecule has 0 heterocycles. The average molecular weight is 300 g/mol.